The molecule has 1 aromatic heterocycles. The van der Waals surface area contributed by atoms with E-state index in [9.17, 15) is 10.1 Å². The van der Waals surface area contributed by atoms with Gasteiger partial charge in [-0.05, 0) is 24.6 Å². The minimum atomic E-state index is -0.120. The highest BCUT2D eigenvalue weighted by molar-refractivity contribution is 8.02. The Balaban J connectivity index is 1.87. The molecule has 2 heterocycles. The molecule has 0 saturated heterocycles. The maximum atomic E-state index is 12.1. The molecule has 0 unspecified atom stereocenters. The fourth-order valence-corrected chi connectivity index (χ4v) is 4.57. The first-order valence-electron chi connectivity index (χ1n) is 7.34. The van der Waals surface area contributed by atoms with Crippen LogP contribution in [0.5, 0.6) is 0 Å². The van der Waals surface area contributed by atoms with E-state index in [2.05, 4.69) is 11.4 Å². The lowest BCUT2D eigenvalue weighted by atomic mass is 9.92. The topological polar surface area (TPSA) is 52.9 Å². The van der Waals surface area contributed by atoms with Crippen LogP contribution in [0.15, 0.2) is 53.1 Å². The molecule has 5 heteroatoms. The van der Waals surface area contributed by atoms with Gasteiger partial charge in [-0.2, -0.15) is 5.26 Å². The molecule has 1 atom stereocenters. The smallest absolute Gasteiger partial charge is 0.225 e. The van der Waals surface area contributed by atoms with Gasteiger partial charge in [0, 0.05) is 27.8 Å². The van der Waals surface area contributed by atoms with Gasteiger partial charge in [0.1, 0.15) is 0 Å². The number of carbonyl (C=O) groups is 1. The first-order valence-corrected chi connectivity index (χ1v) is 9.14. The number of thioether (sulfide) groups is 1. The molecule has 3 rings (SSSR count). The number of rotatable bonds is 4. The number of hydrogen-bond donors (Lipinski definition) is 1. The fourth-order valence-electron chi connectivity index (χ4n) is 2.55. The van der Waals surface area contributed by atoms with E-state index in [0.717, 1.165) is 10.6 Å². The average Bonchev–Trinajstić information content (AvgIpc) is 2.99. The molecular weight excluding hydrogens is 324 g/mol. The molecule has 0 saturated carbocycles. The van der Waals surface area contributed by atoms with E-state index >= 15 is 0 Å². The molecule has 1 aromatic carbocycles. The van der Waals surface area contributed by atoms with Gasteiger partial charge in [-0.25, -0.2) is 0 Å². The second kappa shape index (κ2) is 7.03. The Morgan fingerprint density at radius 1 is 1.30 bits per heavy atom. The summed E-state index contributed by atoms with van der Waals surface area (Å²) < 4.78 is 0. The molecule has 0 fully saturated rings. The van der Waals surface area contributed by atoms with Crippen LogP contribution in [-0.4, -0.2) is 5.91 Å². The molecule has 1 aliphatic heterocycles. The highest BCUT2D eigenvalue weighted by atomic mass is 32.2. The zero-order valence-electron chi connectivity index (χ0n) is 12.7. The second-order valence-electron chi connectivity index (χ2n) is 5.38. The van der Waals surface area contributed by atoms with Gasteiger partial charge in [0.2, 0.25) is 5.91 Å². The molecule has 23 heavy (non-hydrogen) atoms. The van der Waals surface area contributed by atoms with Crippen LogP contribution in [0.2, 0.25) is 0 Å². The normalized spacial score (nSPS) is 17.7. The van der Waals surface area contributed by atoms with Gasteiger partial charge in [0.05, 0.1) is 16.7 Å². The number of carbonyl (C=O) groups excluding carboxylic acids is 1. The van der Waals surface area contributed by atoms with Crippen LogP contribution in [0, 0.1) is 18.3 Å². The van der Waals surface area contributed by atoms with Crippen molar-refractivity contribution in [3.8, 4) is 6.07 Å². The van der Waals surface area contributed by atoms with Crippen molar-refractivity contribution in [2.45, 2.75) is 25.0 Å². The van der Waals surface area contributed by atoms with Gasteiger partial charge >= 0.3 is 0 Å². The summed E-state index contributed by atoms with van der Waals surface area (Å²) in [4.78, 5) is 14.4. The van der Waals surface area contributed by atoms with Gasteiger partial charge < -0.3 is 5.32 Å². The van der Waals surface area contributed by atoms with Crippen LogP contribution in [0.4, 0.5) is 0 Å². The predicted molar refractivity (Wildman–Crippen MR) is 94.9 cm³/mol. The number of nitrogens with one attached hydrogen (secondary N) is 1. The third-order valence-electron chi connectivity index (χ3n) is 3.69. The summed E-state index contributed by atoms with van der Waals surface area (Å²) in [5.41, 5.74) is 1.85. The van der Waals surface area contributed by atoms with Gasteiger partial charge in [0.15, 0.2) is 0 Å². The lowest BCUT2D eigenvalue weighted by molar-refractivity contribution is -0.120. The van der Waals surface area contributed by atoms with Crippen molar-refractivity contribution in [2.75, 3.05) is 0 Å². The van der Waals surface area contributed by atoms with Crippen molar-refractivity contribution < 1.29 is 4.79 Å². The zero-order valence-corrected chi connectivity index (χ0v) is 14.3. The molecular formula is C18H16N2OS2. The Morgan fingerprint density at radius 2 is 2.09 bits per heavy atom. The van der Waals surface area contributed by atoms with Crippen molar-refractivity contribution in [2.24, 2.45) is 0 Å². The summed E-state index contributed by atoms with van der Waals surface area (Å²) in [5, 5.41) is 13.2. The Hall–Kier alpha value is -2.03. The Morgan fingerprint density at radius 3 is 2.74 bits per heavy atom. The number of nitrogens with zero attached hydrogens (tertiary/aromatic N) is 1. The summed E-state index contributed by atoms with van der Waals surface area (Å²) >= 11 is 3.18. The minimum Gasteiger partial charge on any atom is -0.320 e. The fraction of sp³-hybridized carbons (Fsp3) is 0.222. The number of aryl methyl sites for hydroxylation is 1. The van der Waals surface area contributed by atoms with E-state index in [1.807, 2.05) is 49.4 Å². The standard InChI is InChI=1S/C18H16N2OS2/c1-12-7-8-16(23-12)14-9-17(21)20-18(15(14)10-19)22-11-13-5-3-2-4-6-13/h2-8,14H,9,11H2,1H3,(H,20,21)/t14-/m1/s1. The van der Waals surface area contributed by atoms with E-state index in [-0.39, 0.29) is 11.8 Å². The Bertz CT molecular complexity index is 787. The van der Waals surface area contributed by atoms with E-state index < -0.39 is 0 Å². The molecule has 1 amide bonds. The minimum absolute atomic E-state index is 0.0179. The summed E-state index contributed by atoms with van der Waals surface area (Å²) in [7, 11) is 0. The van der Waals surface area contributed by atoms with Crippen LogP contribution < -0.4 is 5.32 Å². The molecule has 3 nitrogen and oxygen atoms in total. The van der Waals surface area contributed by atoms with Crippen LogP contribution in [0.25, 0.3) is 0 Å². The first-order chi connectivity index (χ1) is 11.2. The summed E-state index contributed by atoms with van der Waals surface area (Å²) in [6, 6.07) is 16.4. The predicted octanol–water partition coefficient (Wildman–Crippen LogP) is 4.33. The quantitative estimate of drug-likeness (QED) is 0.901. The largest absolute Gasteiger partial charge is 0.320 e. The van der Waals surface area contributed by atoms with Crippen molar-refractivity contribution >= 4 is 29.0 Å². The summed E-state index contributed by atoms with van der Waals surface area (Å²) in [6.07, 6.45) is 0.345. The Labute approximate surface area is 144 Å². The van der Waals surface area contributed by atoms with E-state index in [4.69, 9.17) is 0 Å². The zero-order chi connectivity index (χ0) is 16.2. The van der Waals surface area contributed by atoms with E-state index in [1.165, 1.54) is 22.2 Å². The first kappa shape index (κ1) is 15.9. The lowest BCUT2D eigenvalue weighted by Gasteiger charge is -2.24. The SMILES string of the molecule is Cc1ccc([C@@H]2CC(=O)NC(SCc3ccccc3)=C2C#N)s1. The van der Waals surface area contributed by atoms with Crippen LogP contribution >= 0.6 is 23.1 Å². The number of amides is 1. The number of benzene rings is 1. The average molecular weight is 340 g/mol. The molecule has 1 aliphatic rings. The third kappa shape index (κ3) is 3.66. The highest BCUT2D eigenvalue weighted by Gasteiger charge is 2.30. The Kier molecular flexibility index (Phi) is 4.85. The maximum absolute atomic E-state index is 12.1. The molecule has 0 aliphatic carbocycles. The summed E-state index contributed by atoms with van der Waals surface area (Å²) in [5.74, 6) is 0.596. The third-order valence-corrected chi connectivity index (χ3v) is 5.89. The van der Waals surface area contributed by atoms with Gasteiger partial charge in [-0.15, -0.1) is 23.1 Å². The molecule has 0 bridgehead atoms. The number of allylic oxidation sites excluding steroid dienone is 1. The van der Waals surface area contributed by atoms with Crippen LogP contribution in [0.3, 0.4) is 0 Å². The van der Waals surface area contributed by atoms with Crippen LogP contribution in [0.1, 0.15) is 27.7 Å². The van der Waals surface area contributed by atoms with Crippen molar-refractivity contribution in [3.63, 3.8) is 0 Å². The number of hydrogen-bond acceptors (Lipinski definition) is 4. The lowest BCUT2D eigenvalue weighted by Crippen LogP contribution is -2.30. The van der Waals surface area contributed by atoms with E-state index in [0.29, 0.717) is 17.0 Å². The monoisotopic (exact) mass is 340 g/mol. The molecule has 2 aromatic rings. The molecule has 0 spiro atoms. The number of thiophene rings is 1. The molecule has 0 radical (unpaired) electrons. The molecule has 1 N–H and O–H groups in total. The van der Waals surface area contributed by atoms with Crippen molar-refractivity contribution in [3.05, 3.63) is 68.4 Å². The van der Waals surface area contributed by atoms with Gasteiger partial charge in [-0.1, -0.05) is 30.3 Å². The van der Waals surface area contributed by atoms with Crippen LogP contribution in [-0.2, 0) is 10.5 Å². The maximum Gasteiger partial charge on any atom is 0.225 e. The van der Waals surface area contributed by atoms with Crippen molar-refractivity contribution in [1.82, 2.24) is 5.32 Å². The van der Waals surface area contributed by atoms with E-state index in [1.54, 1.807) is 11.3 Å². The highest BCUT2D eigenvalue weighted by Crippen LogP contribution is 2.39. The second-order valence-corrected chi connectivity index (χ2v) is 7.69. The van der Waals surface area contributed by atoms with Gasteiger partial charge in [0.25, 0.3) is 0 Å². The van der Waals surface area contributed by atoms with Crippen molar-refractivity contribution in [1.29, 1.82) is 5.26 Å². The number of nitriles is 1. The summed E-state index contributed by atoms with van der Waals surface area (Å²) in [6.45, 7) is 2.04. The molecule has 116 valence electrons. The van der Waals surface area contributed by atoms with Gasteiger partial charge in [-0.3, -0.25) is 4.79 Å².